The molecule has 1 aliphatic heterocycles. The summed E-state index contributed by atoms with van der Waals surface area (Å²) in [5.41, 5.74) is 3.35. The fourth-order valence-electron chi connectivity index (χ4n) is 2.10. The van der Waals surface area contributed by atoms with Gasteiger partial charge in [-0.3, -0.25) is 9.69 Å². The number of hydrogen-bond donors (Lipinski definition) is 2. The largest absolute Gasteiger partial charge is 0.508 e. The summed E-state index contributed by atoms with van der Waals surface area (Å²) in [5.74, 6) is 0.128. The second-order valence-electron chi connectivity index (χ2n) is 4.72. The number of benzene rings is 1. The maximum atomic E-state index is 11.6. The number of aromatic hydroxyl groups is 1. The summed E-state index contributed by atoms with van der Waals surface area (Å²) >= 11 is 0. The highest BCUT2D eigenvalue weighted by atomic mass is 16.3. The average Bonchev–Trinajstić information content (AvgIpc) is 2.42. The minimum atomic E-state index is -0.0862. The Morgan fingerprint density at radius 1 is 1.26 bits per heavy atom. The van der Waals surface area contributed by atoms with Crippen LogP contribution in [-0.4, -0.2) is 41.8 Å². The second-order valence-corrected chi connectivity index (χ2v) is 4.72. The Morgan fingerprint density at radius 3 is 2.63 bits per heavy atom. The molecule has 0 bridgehead atoms. The minimum Gasteiger partial charge on any atom is -0.508 e. The molecule has 1 aromatic rings. The fraction of sp³-hybridized carbons (Fsp3) is 0.429. The molecule has 0 saturated carbocycles. The van der Waals surface area contributed by atoms with Crippen LogP contribution in [-0.2, 0) is 4.79 Å². The molecule has 1 aliphatic rings. The van der Waals surface area contributed by atoms with Crippen LogP contribution >= 0.6 is 0 Å². The van der Waals surface area contributed by atoms with Gasteiger partial charge in [0, 0.05) is 0 Å². The van der Waals surface area contributed by atoms with Gasteiger partial charge in [-0.15, -0.1) is 0 Å². The van der Waals surface area contributed by atoms with E-state index in [0.29, 0.717) is 6.54 Å². The predicted octanol–water partition coefficient (Wildman–Crippen LogP) is 1.33. The van der Waals surface area contributed by atoms with Crippen LogP contribution in [0.25, 0.3) is 0 Å². The zero-order chi connectivity index (χ0) is 13.5. The molecule has 2 N–H and O–H groups in total. The van der Waals surface area contributed by atoms with Gasteiger partial charge in [-0.2, -0.15) is 5.10 Å². The SMILES string of the molecule is O=C(CN1CCCCC1)N/N=C\c1ccc(O)cc1. The van der Waals surface area contributed by atoms with Crippen LogP contribution in [0.3, 0.4) is 0 Å². The van der Waals surface area contributed by atoms with E-state index in [1.165, 1.54) is 19.3 Å². The van der Waals surface area contributed by atoms with Gasteiger partial charge in [-0.25, -0.2) is 5.43 Å². The van der Waals surface area contributed by atoms with Crippen molar-refractivity contribution >= 4 is 12.1 Å². The summed E-state index contributed by atoms with van der Waals surface area (Å²) in [5, 5.41) is 13.0. The lowest BCUT2D eigenvalue weighted by atomic mass is 10.1. The molecule has 0 atom stereocenters. The minimum absolute atomic E-state index is 0.0862. The third-order valence-corrected chi connectivity index (χ3v) is 3.11. The molecule has 1 saturated heterocycles. The van der Waals surface area contributed by atoms with Gasteiger partial charge in [0.15, 0.2) is 0 Å². The van der Waals surface area contributed by atoms with Gasteiger partial charge in [0.25, 0.3) is 5.91 Å². The molecular weight excluding hydrogens is 242 g/mol. The summed E-state index contributed by atoms with van der Waals surface area (Å²) in [6.45, 7) is 2.40. The van der Waals surface area contributed by atoms with E-state index in [2.05, 4.69) is 15.4 Å². The highest BCUT2D eigenvalue weighted by Crippen LogP contribution is 2.08. The molecule has 0 radical (unpaired) electrons. The summed E-state index contributed by atoms with van der Waals surface area (Å²) in [6, 6.07) is 6.62. The normalized spacial score (nSPS) is 16.6. The van der Waals surface area contributed by atoms with E-state index in [0.717, 1.165) is 18.7 Å². The quantitative estimate of drug-likeness (QED) is 0.635. The standard InChI is InChI=1S/C14H19N3O2/c18-13-6-4-12(5-7-13)10-15-16-14(19)11-17-8-2-1-3-9-17/h4-7,10,18H,1-3,8-9,11H2,(H,16,19)/b15-10-. The highest BCUT2D eigenvalue weighted by molar-refractivity contribution is 5.83. The zero-order valence-corrected chi connectivity index (χ0v) is 10.9. The van der Waals surface area contributed by atoms with Crippen molar-refractivity contribution in [2.45, 2.75) is 19.3 Å². The first-order valence-electron chi connectivity index (χ1n) is 6.57. The van der Waals surface area contributed by atoms with E-state index < -0.39 is 0 Å². The lowest BCUT2D eigenvalue weighted by Crippen LogP contribution is -2.38. The number of hydrazone groups is 1. The number of carbonyl (C=O) groups excluding carboxylic acids is 1. The first-order chi connectivity index (χ1) is 9.24. The van der Waals surface area contributed by atoms with Gasteiger partial charge in [0.1, 0.15) is 5.75 Å². The number of likely N-dealkylation sites (tertiary alicyclic amines) is 1. The summed E-state index contributed by atoms with van der Waals surface area (Å²) in [4.78, 5) is 13.8. The molecule has 0 spiro atoms. The number of piperidine rings is 1. The lowest BCUT2D eigenvalue weighted by molar-refractivity contribution is -0.122. The number of phenols is 1. The molecule has 5 nitrogen and oxygen atoms in total. The first-order valence-corrected chi connectivity index (χ1v) is 6.57. The van der Waals surface area contributed by atoms with E-state index in [-0.39, 0.29) is 11.7 Å². The molecule has 1 amide bonds. The molecule has 19 heavy (non-hydrogen) atoms. The Labute approximate surface area is 112 Å². The molecule has 2 rings (SSSR count). The predicted molar refractivity (Wildman–Crippen MR) is 74.1 cm³/mol. The van der Waals surface area contributed by atoms with Gasteiger partial charge in [-0.05, 0) is 55.8 Å². The van der Waals surface area contributed by atoms with E-state index in [9.17, 15) is 4.79 Å². The summed E-state index contributed by atoms with van der Waals surface area (Å²) in [6.07, 6.45) is 5.17. The summed E-state index contributed by atoms with van der Waals surface area (Å²) in [7, 11) is 0. The van der Waals surface area contributed by atoms with Crippen molar-refractivity contribution in [3.8, 4) is 5.75 Å². The molecule has 1 heterocycles. The number of amides is 1. The number of nitrogens with one attached hydrogen (secondary N) is 1. The summed E-state index contributed by atoms with van der Waals surface area (Å²) < 4.78 is 0. The van der Waals surface area contributed by atoms with Gasteiger partial charge < -0.3 is 5.11 Å². The smallest absolute Gasteiger partial charge is 0.254 e. The third-order valence-electron chi connectivity index (χ3n) is 3.11. The molecule has 0 unspecified atom stereocenters. The number of phenolic OH excluding ortho intramolecular Hbond substituents is 1. The van der Waals surface area contributed by atoms with E-state index in [4.69, 9.17) is 5.11 Å². The molecule has 0 aromatic heterocycles. The Kier molecular flexibility index (Phi) is 4.92. The maximum Gasteiger partial charge on any atom is 0.254 e. The van der Waals surface area contributed by atoms with Crippen molar-refractivity contribution in [2.75, 3.05) is 19.6 Å². The number of hydrogen-bond acceptors (Lipinski definition) is 4. The number of carbonyl (C=O) groups is 1. The highest BCUT2D eigenvalue weighted by Gasteiger charge is 2.12. The van der Waals surface area contributed by atoms with E-state index in [1.54, 1.807) is 30.5 Å². The van der Waals surface area contributed by atoms with Crippen molar-refractivity contribution in [1.29, 1.82) is 0 Å². The van der Waals surface area contributed by atoms with Crippen molar-refractivity contribution in [1.82, 2.24) is 10.3 Å². The van der Waals surface area contributed by atoms with Crippen molar-refractivity contribution in [3.63, 3.8) is 0 Å². The van der Waals surface area contributed by atoms with Gasteiger partial charge >= 0.3 is 0 Å². The molecule has 1 aromatic carbocycles. The van der Waals surface area contributed by atoms with Crippen LogP contribution in [0.5, 0.6) is 5.75 Å². The zero-order valence-electron chi connectivity index (χ0n) is 10.9. The average molecular weight is 261 g/mol. The van der Waals surface area contributed by atoms with Crippen molar-refractivity contribution in [2.24, 2.45) is 5.10 Å². The number of rotatable bonds is 4. The second kappa shape index (κ2) is 6.89. The van der Waals surface area contributed by atoms with Crippen LogP contribution in [0.4, 0.5) is 0 Å². The van der Waals surface area contributed by atoms with E-state index >= 15 is 0 Å². The van der Waals surface area contributed by atoms with Gasteiger partial charge in [0.2, 0.25) is 0 Å². The maximum absolute atomic E-state index is 11.6. The van der Waals surface area contributed by atoms with Crippen LogP contribution in [0, 0.1) is 0 Å². The van der Waals surface area contributed by atoms with Crippen molar-refractivity contribution < 1.29 is 9.90 Å². The van der Waals surface area contributed by atoms with Crippen LogP contribution in [0.15, 0.2) is 29.4 Å². The van der Waals surface area contributed by atoms with Gasteiger partial charge in [0.05, 0.1) is 12.8 Å². The molecule has 5 heteroatoms. The molecule has 102 valence electrons. The molecule has 1 fully saturated rings. The third kappa shape index (κ3) is 4.71. The molecule has 0 aliphatic carbocycles. The van der Waals surface area contributed by atoms with E-state index in [1.807, 2.05) is 0 Å². The monoisotopic (exact) mass is 261 g/mol. The van der Waals surface area contributed by atoms with Crippen molar-refractivity contribution in [3.05, 3.63) is 29.8 Å². The Morgan fingerprint density at radius 2 is 1.95 bits per heavy atom. The Balaban J connectivity index is 1.74. The van der Waals surface area contributed by atoms with Gasteiger partial charge in [-0.1, -0.05) is 6.42 Å². The Bertz CT molecular complexity index is 437. The first kappa shape index (κ1) is 13.5. The lowest BCUT2D eigenvalue weighted by Gasteiger charge is -2.25. The van der Waals surface area contributed by atoms with Crippen LogP contribution in [0.2, 0.25) is 0 Å². The fourth-order valence-corrected chi connectivity index (χ4v) is 2.10. The van der Waals surface area contributed by atoms with Crippen LogP contribution < -0.4 is 5.43 Å². The van der Waals surface area contributed by atoms with Crippen LogP contribution in [0.1, 0.15) is 24.8 Å². The Hall–Kier alpha value is -1.88. The molecular formula is C14H19N3O2. The number of nitrogens with zero attached hydrogens (tertiary/aromatic N) is 2. The topological polar surface area (TPSA) is 64.9 Å².